The van der Waals surface area contributed by atoms with E-state index >= 15 is 0 Å². The molecule has 0 fully saturated rings. The number of aliphatic hydroxyl groups is 1. The largest absolute Gasteiger partial charge is 0.506 e. The van der Waals surface area contributed by atoms with Crippen molar-refractivity contribution in [2.75, 3.05) is 5.73 Å². The van der Waals surface area contributed by atoms with Gasteiger partial charge in [-0.15, -0.1) is 0 Å². The molecule has 0 amide bonds. The molecule has 1 rings (SSSR count). The molecule has 3 nitrogen and oxygen atoms in total. The van der Waals surface area contributed by atoms with Gasteiger partial charge in [0.1, 0.15) is 5.76 Å². The maximum absolute atomic E-state index is 8.94. The molecule has 4 N–H and O–H groups in total. The number of aromatic amines is 1. The molecule has 0 aromatic carbocycles. The number of aromatic nitrogens is 1. The van der Waals surface area contributed by atoms with E-state index in [1.165, 1.54) is 0 Å². The summed E-state index contributed by atoms with van der Waals surface area (Å²) < 4.78 is 0. The normalized spacial score (nSPS) is 9.70. The van der Waals surface area contributed by atoms with Crippen molar-refractivity contribution in [3.63, 3.8) is 0 Å². The second-order valence-corrected chi connectivity index (χ2v) is 2.19. The minimum Gasteiger partial charge on any atom is -0.506 e. The molecular weight excluding hydrogens is 128 g/mol. The smallest absolute Gasteiger partial charge is 0.132 e. The van der Waals surface area contributed by atoms with Crippen LogP contribution < -0.4 is 5.73 Å². The molecule has 0 saturated carbocycles. The lowest BCUT2D eigenvalue weighted by Crippen LogP contribution is -1.86. The van der Waals surface area contributed by atoms with Gasteiger partial charge in [-0.25, -0.2) is 0 Å². The van der Waals surface area contributed by atoms with Crippen LogP contribution in [0.5, 0.6) is 0 Å². The molecule has 0 atom stereocenters. The zero-order valence-corrected chi connectivity index (χ0v) is 5.81. The van der Waals surface area contributed by atoms with Gasteiger partial charge in [0.15, 0.2) is 0 Å². The first-order valence-electron chi connectivity index (χ1n) is 2.94. The van der Waals surface area contributed by atoms with Gasteiger partial charge in [-0.1, -0.05) is 6.58 Å². The summed E-state index contributed by atoms with van der Waals surface area (Å²) in [6, 6.07) is 0. The number of rotatable bonds is 1. The molecule has 1 aromatic rings. The third kappa shape index (κ3) is 0.857. The predicted molar refractivity (Wildman–Crippen MR) is 41.6 cm³/mol. The van der Waals surface area contributed by atoms with Gasteiger partial charge in [0, 0.05) is 11.8 Å². The van der Waals surface area contributed by atoms with Gasteiger partial charge >= 0.3 is 0 Å². The van der Waals surface area contributed by atoms with Crippen molar-refractivity contribution in [3.8, 4) is 0 Å². The van der Waals surface area contributed by atoms with Gasteiger partial charge in [-0.3, -0.25) is 0 Å². The number of nitrogens with one attached hydrogen (secondary N) is 1. The van der Waals surface area contributed by atoms with E-state index in [1.54, 1.807) is 6.20 Å². The first-order chi connectivity index (χ1) is 4.63. The molecule has 0 bridgehead atoms. The summed E-state index contributed by atoms with van der Waals surface area (Å²) in [7, 11) is 0. The van der Waals surface area contributed by atoms with Crippen molar-refractivity contribution in [1.82, 2.24) is 4.98 Å². The fourth-order valence-electron chi connectivity index (χ4n) is 0.811. The number of hydrogen-bond acceptors (Lipinski definition) is 2. The Bertz CT molecular complexity index is 263. The van der Waals surface area contributed by atoms with Gasteiger partial charge < -0.3 is 15.8 Å². The monoisotopic (exact) mass is 138 g/mol. The molecule has 0 saturated heterocycles. The first-order valence-corrected chi connectivity index (χ1v) is 2.94. The summed E-state index contributed by atoms with van der Waals surface area (Å²) in [6.45, 7) is 5.19. The van der Waals surface area contributed by atoms with E-state index in [-0.39, 0.29) is 5.76 Å². The van der Waals surface area contributed by atoms with E-state index < -0.39 is 0 Å². The van der Waals surface area contributed by atoms with Crippen LogP contribution in [0.3, 0.4) is 0 Å². The summed E-state index contributed by atoms with van der Waals surface area (Å²) in [6.07, 6.45) is 1.63. The molecule has 10 heavy (non-hydrogen) atoms. The van der Waals surface area contributed by atoms with Crippen LogP contribution in [0.4, 0.5) is 5.69 Å². The lowest BCUT2D eigenvalue weighted by Gasteiger charge is -1.94. The van der Waals surface area contributed by atoms with Crippen LogP contribution in [0, 0.1) is 6.92 Å². The van der Waals surface area contributed by atoms with E-state index in [4.69, 9.17) is 10.8 Å². The van der Waals surface area contributed by atoms with E-state index in [0.29, 0.717) is 11.4 Å². The van der Waals surface area contributed by atoms with Gasteiger partial charge in [-0.05, 0) is 6.92 Å². The molecule has 3 heteroatoms. The summed E-state index contributed by atoms with van der Waals surface area (Å²) in [4.78, 5) is 2.80. The van der Waals surface area contributed by atoms with Crippen LogP contribution in [-0.4, -0.2) is 10.1 Å². The maximum Gasteiger partial charge on any atom is 0.132 e. The highest BCUT2D eigenvalue weighted by Gasteiger charge is 2.04. The van der Waals surface area contributed by atoms with Crippen LogP contribution >= 0.6 is 0 Å². The van der Waals surface area contributed by atoms with Crippen molar-refractivity contribution in [2.45, 2.75) is 6.92 Å². The quantitative estimate of drug-likeness (QED) is 0.514. The maximum atomic E-state index is 8.94. The van der Waals surface area contributed by atoms with Crippen LogP contribution in [0.2, 0.25) is 0 Å². The van der Waals surface area contributed by atoms with E-state index in [1.807, 2.05) is 6.92 Å². The number of nitrogen functional groups attached to an aromatic ring is 1. The van der Waals surface area contributed by atoms with E-state index in [0.717, 1.165) is 5.56 Å². The van der Waals surface area contributed by atoms with Gasteiger partial charge in [0.05, 0.1) is 11.4 Å². The molecule has 1 aromatic heterocycles. The van der Waals surface area contributed by atoms with Crippen molar-refractivity contribution < 1.29 is 5.11 Å². The third-order valence-corrected chi connectivity index (χ3v) is 1.47. The van der Waals surface area contributed by atoms with Gasteiger partial charge in [0.2, 0.25) is 0 Å². The first kappa shape index (κ1) is 6.74. The standard InChI is InChI=1S/C7H10N2O/c1-4-6(8)3-9-7(4)5(2)10/h3,9-10H,2,8H2,1H3. The summed E-state index contributed by atoms with van der Waals surface area (Å²) >= 11 is 0. The zero-order chi connectivity index (χ0) is 7.72. The predicted octanol–water partition coefficient (Wildman–Crippen LogP) is 1.43. The van der Waals surface area contributed by atoms with Crippen LogP contribution in [0.1, 0.15) is 11.3 Å². The summed E-state index contributed by atoms with van der Waals surface area (Å²) in [5.41, 5.74) is 7.59. The van der Waals surface area contributed by atoms with Crippen LogP contribution in [0.25, 0.3) is 5.76 Å². The summed E-state index contributed by atoms with van der Waals surface area (Å²) in [5.74, 6) is 0.0224. The number of nitrogens with two attached hydrogens (primary N) is 1. The Labute approximate surface area is 59.2 Å². The van der Waals surface area contributed by atoms with Crippen LogP contribution in [0.15, 0.2) is 12.8 Å². The Balaban J connectivity index is 3.17. The average molecular weight is 138 g/mol. The van der Waals surface area contributed by atoms with Crippen molar-refractivity contribution >= 4 is 11.4 Å². The Morgan fingerprint density at radius 3 is 2.60 bits per heavy atom. The number of anilines is 1. The van der Waals surface area contributed by atoms with E-state index in [9.17, 15) is 0 Å². The Morgan fingerprint density at radius 2 is 2.40 bits per heavy atom. The lowest BCUT2D eigenvalue weighted by molar-refractivity contribution is 0.510. The fraction of sp³-hybridized carbons (Fsp3) is 0.143. The SMILES string of the molecule is C=C(O)c1[nH]cc(N)c1C. The molecule has 0 aliphatic heterocycles. The summed E-state index contributed by atoms with van der Waals surface area (Å²) in [5, 5.41) is 8.94. The number of hydrogen-bond donors (Lipinski definition) is 3. The molecule has 0 unspecified atom stereocenters. The van der Waals surface area contributed by atoms with Crippen molar-refractivity contribution in [2.24, 2.45) is 0 Å². The number of aliphatic hydroxyl groups excluding tert-OH is 1. The molecule has 0 spiro atoms. The molecular formula is C7H10N2O. The minimum absolute atomic E-state index is 0.0224. The molecule has 0 aliphatic rings. The van der Waals surface area contributed by atoms with Gasteiger partial charge in [-0.2, -0.15) is 0 Å². The highest BCUT2D eigenvalue weighted by molar-refractivity contribution is 5.63. The highest BCUT2D eigenvalue weighted by atomic mass is 16.3. The van der Waals surface area contributed by atoms with Crippen molar-refractivity contribution in [3.05, 3.63) is 24.0 Å². The average Bonchev–Trinajstić information content (AvgIpc) is 2.14. The Morgan fingerprint density at radius 1 is 1.80 bits per heavy atom. The molecule has 0 aliphatic carbocycles. The lowest BCUT2D eigenvalue weighted by atomic mass is 10.2. The second kappa shape index (κ2) is 2.10. The highest BCUT2D eigenvalue weighted by Crippen LogP contribution is 2.18. The molecule has 0 radical (unpaired) electrons. The van der Waals surface area contributed by atoms with Crippen LogP contribution in [-0.2, 0) is 0 Å². The van der Waals surface area contributed by atoms with Crippen molar-refractivity contribution in [1.29, 1.82) is 0 Å². The minimum atomic E-state index is 0.0224. The fourth-order valence-corrected chi connectivity index (χ4v) is 0.811. The zero-order valence-electron chi connectivity index (χ0n) is 5.81. The molecule has 54 valence electrons. The molecule has 1 heterocycles. The second-order valence-electron chi connectivity index (χ2n) is 2.19. The van der Waals surface area contributed by atoms with Gasteiger partial charge in [0.25, 0.3) is 0 Å². The third-order valence-electron chi connectivity index (χ3n) is 1.47. The Hall–Kier alpha value is -1.38. The topological polar surface area (TPSA) is 62.0 Å². The van der Waals surface area contributed by atoms with E-state index in [2.05, 4.69) is 11.6 Å². The number of H-pyrrole nitrogens is 1. The Kier molecular flexibility index (Phi) is 1.41.